The summed E-state index contributed by atoms with van der Waals surface area (Å²) in [5.41, 5.74) is 7.99. The minimum Gasteiger partial charge on any atom is -0.366 e. The first-order chi connectivity index (χ1) is 9.66. The molecule has 2 N–H and O–H groups in total. The molecule has 0 unspecified atom stereocenters. The van der Waals surface area contributed by atoms with Crippen LogP contribution in [0.4, 0.5) is 11.4 Å². The summed E-state index contributed by atoms with van der Waals surface area (Å²) in [4.78, 5) is 11.1. The fourth-order valence-corrected chi connectivity index (χ4v) is 1.61. The quantitative estimate of drug-likeness (QED) is 0.659. The largest absolute Gasteiger partial charge is 0.366 e. The number of azo groups is 1. The minimum absolute atomic E-state index is 0.445. The molecule has 4 heteroatoms. The topological polar surface area (TPSA) is 67.8 Å². The Morgan fingerprint density at radius 2 is 1.65 bits per heavy atom. The molecule has 4 nitrogen and oxygen atoms in total. The van der Waals surface area contributed by atoms with Gasteiger partial charge in [-0.25, -0.2) is 0 Å². The molecule has 0 fully saturated rings. The number of benzene rings is 2. The van der Waals surface area contributed by atoms with Crippen molar-refractivity contribution in [3.05, 3.63) is 65.7 Å². The third-order valence-electron chi connectivity index (χ3n) is 2.73. The predicted octanol–water partition coefficient (Wildman–Crippen LogP) is 3.99. The van der Waals surface area contributed by atoms with Crippen LogP contribution in [0.3, 0.4) is 0 Å². The second-order valence-electron chi connectivity index (χ2n) is 4.29. The van der Waals surface area contributed by atoms with Crippen LogP contribution in [-0.4, -0.2) is 5.91 Å². The van der Waals surface area contributed by atoms with Crippen molar-refractivity contribution in [2.24, 2.45) is 16.0 Å². The highest BCUT2D eigenvalue weighted by atomic mass is 16.1. The molecule has 0 saturated heterocycles. The summed E-state index contributed by atoms with van der Waals surface area (Å²) in [6.07, 6.45) is 1.71. The van der Waals surface area contributed by atoms with E-state index in [4.69, 9.17) is 5.73 Å². The fraction of sp³-hybridized carbons (Fsp3) is 0.0625. The van der Waals surface area contributed by atoms with Crippen molar-refractivity contribution in [1.82, 2.24) is 0 Å². The minimum atomic E-state index is -0.445. The third-order valence-corrected chi connectivity index (χ3v) is 2.73. The Bertz CT molecular complexity index is 660. The van der Waals surface area contributed by atoms with Gasteiger partial charge >= 0.3 is 0 Å². The van der Waals surface area contributed by atoms with E-state index < -0.39 is 5.91 Å². The standard InChI is InChI=1S/C16H15N3O/c1-12(16(17)20)11-13-7-5-6-10-15(13)19-18-14-8-3-2-4-9-14/h2-11H,1H3,(H2,17,20)/b12-11+,19-18?. The predicted molar refractivity (Wildman–Crippen MR) is 79.9 cm³/mol. The van der Waals surface area contributed by atoms with E-state index in [2.05, 4.69) is 10.2 Å². The van der Waals surface area contributed by atoms with Crippen LogP contribution in [-0.2, 0) is 4.79 Å². The highest BCUT2D eigenvalue weighted by Crippen LogP contribution is 2.24. The van der Waals surface area contributed by atoms with Crippen molar-refractivity contribution in [2.45, 2.75) is 6.92 Å². The summed E-state index contributed by atoms with van der Waals surface area (Å²) in [5.74, 6) is -0.445. The summed E-state index contributed by atoms with van der Waals surface area (Å²) in [6, 6.07) is 16.9. The summed E-state index contributed by atoms with van der Waals surface area (Å²) >= 11 is 0. The molecule has 0 heterocycles. The molecule has 0 bridgehead atoms. The fourth-order valence-electron chi connectivity index (χ4n) is 1.61. The molecule has 0 aliphatic carbocycles. The summed E-state index contributed by atoms with van der Waals surface area (Å²) < 4.78 is 0. The maximum atomic E-state index is 11.1. The third kappa shape index (κ3) is 3.62. The van der Waals surface area contributed by atoms with E-state index in [1.807, 2.05) is 54.6 Å². The maximum Gasteiger partial charge on any atom is 0.244 e. The van der Waals surface area contributed by atoms with Gasteiger partial charge < -0.3 is 5.73 Å². The molecule has 0 aliphatic heterocycles. The zero-order valence-electron chi connectivity index (χ0n) is 11.2. The number of rotatable bonds is 4. The number of hydrogen-bond donors (Lipinski definition) is 1. The zero-order valence-corrected chi connectivity index (χ0v) is 11.2. The van der Waals surface area contributed by atoms with Crippen LogP contribution in [0.2, 0.25) is 0 Å². The number of primary amides is 1. The molecule has 2 aromatic carbocycles. The number of carbonyl (C=O) groups excluding carboxylic acids is 1. The number of hydrogen-bond acceptors (Lipinski definition) is 3. The number of carbonyl (C=O) groups is 1. The van der Waals surface area contributed by atoms with Crippen molar-refractivity contribution in [2.75, 3.05) is 0 Å². The number of amides is 1. The first kappa shape index (κ1) is 13.7. The van der Waals surface area contributed by atoms with Gasteiger partial charge in [-0.3, -0.25) is 4.79 Å². The van der Waals surface area contributed by atoms with E-state index in [-0.39, 0.29) is 0 Å². The smallest absolute Gasteiger partial charge is 0.244 e. The lowest BCUT2D eigenvalue weighted by Gasteiger charge is -2.00. The molecule has 0 spiro atoms. The monoisotopic (exact) mass is 265 g/mol. The molecule has 0 saturated carbocycles. The van der Waals surface area contributed by atoms with E-state index >= 15 is 0 Å². The molecule has 0 atom stereocenters. The van der Waals surface area contributed by atoms with Gasteiger partial charge in [0.25, 0.3) is 0 Å². The lowest BCUT2D eigenvalue weighted by Crippen LogP contribution is -2.11. The van der Waals surface area contributed by atoms with Gasteiger partial charge in [-0.1, -0.05) is 36.4 Å². The molecule has 0 aromatic heterocycles. The van der Waals surface area contributed by atoms with Gasteiger partial charge in [-0.15, -0.1) is 5.11 Å². The van der Waals surface area contributed by atoms with Crippen LogP contribution in [0.1, 0.15) is 12.5 Å². The van der Waals surface area contributed by atoms with E-state index in [9.17, 15) is 4.79 Å². The van der Waals surface area contributed by atoms with E-state index in [0.717, 1.165) is 11.3 Å². The van der Waals surface area contributed by atoms with Crippen molar-refractivity contribution in [3.8, 4) is 0 Å². The van der Waals surface area contributed by atoms with Crippen LogP contribution in [0.15, 0.2) is 70.4 Å². The second kappa shape index (κ2) is 6.43. The Kier molecular flexibility index (Phi) is 4.39. The van der Waals surface area contributed by atoms with Crippen LogP contribution in [0.25, 0.3) is 6.08 Å². The van der Waals surface area contributed by atoms with Crippen molar-refractivity contribution < 1.29 is 4.79 Å². The van der Waals surface area contributed by atoms with Gasteiger partial charge in [-0.05, 0) is 31.2 Å². The molecule has 1 amide bonds. The Labute approximate surface area is 117 Å². The van der Waals surface area contributed by atoms with E-state index in [1.165, 1.54) is 0 Å². The molecule has 2 aromatic rings. The van der Waals surface area contributed by atoms with Crippen LogP contribution in [0, 0.1) is 0 Å². The van der Waals surface area contributed by atoms with Gasteiger partial charge in [0.05, 0.1) is 11.4 Å². The van der Waals surface area contributed by atoms with Gasteiger partial charge in [0.15, 0.2) is 0 Å². The molecule has 0 radical (unpaired) electrons. The van der Waals surface area contributed by atoms with Gasteiger partial charge in [0.1, 0.15) is 0 Å². The van der Waals surface area contributed by atoms with E-state index in [1.54, 1.807) is 13.0 Å². The lowest BCUT2D eigenvalue weighted by molar-refractivity contribution is -0.114. The molecular weight excluding hydrogens is 250 g/mol. The average molecular weight is 265 g/mol. The van der Waals surface area contributed by atoms with Gasteiger partial charge in [-0.2, -0.15) is 5.11 Å². The Morgan fingerprint density at radius 1 is 1.00 bits per heavy atom. The first-order valence-electron chi connectivity index (χ1n) is 6.21. The molecule has 20 heavy (non-hydrogen) atoms. The molecular formula is C16H15N3O. The summed E-state index contributed by atoms with van der Waals surface area (Å²) in [5, 5.41) is 8.39. The maximum absolute atomic E-state index is 11.1. The van der Waals surface area contributed by atoms with Gasteiger partial charge in [0.2, 0.25) is 5.91 Å². The van der Waals surface area contributed by atoms with Crippen LogP contribution < -0.4 is 5.73 Å². The van der Waals surface area contributed by atoms with Crippen LogP contribution >= 0.6 is 0 Å². The normalized spacial score (nSPS) is 11.8. The molecule has 2 rings (SSSR count). The van der Waals surface area contributed by atoms with Crippen molar-refractivity contribution in [1.29, 1.82) is 0 Å². The Morgan fingerprint density at radius 3 is 2.35 bits per heavy atom. The average Bonchev–Trinajstić information content (AvgIpc) is 2.47. The van der Waals surface area contributed by atoms with Crippen molar-refractivity contribution in [3.63, 3.8) is 0 Å². The number of nitrogens with zero attached hydrogens (tertiary/aromatic N) is 2. The Balaban J connectivity index is 2.31. The SMILES string of the molecule is C/C(=C\c1ccccc1N=Nc1ccccc1)C(N)=O. The van der Waals surface area contributed by atoms with E-state index in [0.29, 0.717) is 11.3 Å². The summed E-state index contributed by atoms with van der Waals surface area (Å²) in [6.45, 7) is 1.67. The Hall–Kier alpha value is -2.75. The summed E-state index contributed by atoms with van der Waals surface area (Å²) in [7, 11) is 0. The highest BCUT2D eigenvalue weighted by Gasteiger charge is 2.01. The van der Waals surface area contributed by atoms with Crippen molar-refractivity contribution >= 4 is 23.4 Å². The second-order valence-corrected chi connectivity index (χ2v) is 4.29. The molecule has 100 valence electrons. The highest BCUT2D eigenvalue weighted by molar-refractivity contribution is 5.96. The number of nitrogens with two attached hydrogens (primary N) is 1. The zero-order chi connectivity index (χ0) is 14.4. The van der Waals surface area contributed by atoms with Gasteiger partial charge in [0, 0.05) is 11.1 Å². The first-order valence-corrected chi connectivity index (χ1v) is 6.21. The lowest BCUT2D eigenvalue weighted by atomic mass is 10.1. The van der Waals surface area contributed by atoms with Crippen LogP contribution in [0.5, 0.6) is 0 Å². The molecule has 0 aliphatic rings.